The Bertz CT molecular complexity index is 1080. The highest BCUT2D eigenvalue weighted by Crippen LogP contribution is 2.32. The second-order valence-corrected chi connectivity index (χ2v) is 8.44. The molecule has 3 aromatic rings. The van der Waals surface area contributed by atoms with E-state index in [2.05, 4.69) is 16.8 Å². The lowest BCUT2D eigenvalue weighted by atomic mass is 9.99. The largest absolute Gasteiger partial charge is 0.348 e. The molecule has 1 aliphatic heterocycles. The zero-order valence-corrected chi connectivity index (χ0v) is 18.5. The Balaban J connectivity index is 1.63. The van der Waals surface area contributed by atoms with Gasteiger partial charge in [0.25, 0.3) is 5.91 Å². The van der Waals surface area contributed by atoms with Gasteiger partial charge in [-0.05, 0) is 43.7 Å². The standard InChI is InChI=1S/C25H26ClN3O2/c1-18(2)29(25(31)20-11-6-7-12-21(20)26)17-23(30)28-16-15-27-14-8-13-22(27)24(28)19-9-4-3-5-10-19/h3-14,18,24H,15-17H2,1-2H3. The third-order valence-corrected chi connectivity index (χ3v) is 6.10. The van der Waals surface area contributed by atoms with Crippen molar-refractivity contribution in [1.29, 1.82) is 0 Å². The van der Waals surface area contributed by atoms with Gasteiger partial charge in [-0.2, -0.15) is 0 Å². The Kier molecular flexibility index (Phi) is 6.14. The first-order valence-corrected chi connectivity index (χ1v) is 10.9. The highest BCUT2D eigenvalue weighted by molar-refractivity contribution is 6.33. The lowest BCUT2D eigenvalue weighted by Crippen LogP contribution is -2.49. The van der Waals surface area contributed by atoms with Crippen LogP contribution in [0.25, 0.3) is 0 Å². The Hall–Kier alpha value is -3.05. The average molecular weight is 436 g/mol. The Morgan fingerprint density at radius 1 is 1.00 bits per heavy atom. The first-order valence-electron chi connectivity index (χ1n) is 10.5. The molecule has 1 aliphatic rings. The number of benzene rings is 2. The van der Waals surface area contributed by atoms with E-state index >= 15 is 0 Å². The molecule has 1 atom stereocenters. The first kappa shape index (κ1) is 21.2. The molecular weight excluding hydrogens is 410 g/mol. The molecule has 2 heterocycles. The van der Waals surface area contributed by atoms with E-state index in [4.69, 9.17) is 11.6 Å². The summed E-state index contributed by atoms with van der Waals surface area (Å²) in [7, 11) is 0. The number of nitrogens with zero attached hydrogens (tertiary/aromatic N) is 3. The molecule has 0 aliphatic carbocycles. The van der Waals surface area contributed by atoms with Gasteiger partial charge in [-0.25, -0.2) is 0 Å². The van der Waals surface area contributed by atoms with Crippen LogP contribution in [0.3, 0.4) is 0 Å². The number of halogens is 1. The van der Waals surface area contributed by atoms with Crippen LogP contribution in [0.15, 0.2) is 72.9 Å². The van der Waals surface area contributed by atoms with Crippen molar-refractivity contribution in [1.82, 2.24) is 14.4 Å². The van der Waals surface area contributed by atoms with E-state index in [0.29, 0.717) is 17.1 Å². The van der Waals surface area contributed by atoms with Gasteiger partial charge in [-0.3, -0.25) is 9.59 Å². The van der Waals surface area contributed by atoms with Gasteiger partial charge in [-0.15, -0.1) is 0 Å². The summed E-state index contributed by atoms with van der Waals surface area (Å²) in [5.74, 6) is -0.305. The molecule has 2 amide bonds. The minimum Gasteiger partial charge on any atom is -0.348 e. The monoisotopic (exact) mass is 435 g/mol. The van der Waals surface area contributed by atoms with Crippen LogP contribution in [0.2, 0.25) is 5.02 Å². The summed E-state index contributed by atoms with van der Waals surface area (Å²) in [6.07, 6.45) is 2.05. The number of rotatable bonds is 5. The average Bonchev–Trinajstić information content (AvgIpc) is 3.26. The van der Waals surface area contributed by atoms with Crippen molar-refractivity contribution in [2.24, 2.45) is 0 Å². The van der Waals surface area contributed by atoms with E-state index in [1.807, 2.05) is 55.1 Å². The molecule has 0 N–H and O–H groups in total. The summed E-state index contributed by atoms with van der Waals surface area (Å²) in [6, 6.07) is 20.8. The van der Waals surface area contributed by atoms with Gasteiger partial charge in [0.05, 0.1) is 16.6 Å². The summed E-state index contributed by atoms with van der Waals surface area (Å²) in [5.41, 5.74) is 2.56. The van der Waals surface area contributed by atoms with Gasteiger partial charge in [-0.1, -0.05) is 54.1 Å². The maximum absolute atomic E-state index is 13.5. The fourth-order valence-electron chi connectivity index (χ4n) is 4.15. The van der Waals surface area contributed by atoms with Crippen LogP contribution in [0.5, 0.6) is 0 Å². The molecule has 0 spiro atoms. The van der Waals surface area contributed by atoms with Crippen molar-refractivity contribution < 1.29 is 9.59 Å². The second kappa shape index (κ2) is 8.98. The van der Waals surface area contributed by atoms with Gasteiger partial charge in [0, 0.05) is 31.0 Å². The Morgan fingerprint density at radius 2 is 1.71 bits per heavy atom. The Labute approximate surface area is 187 Å². The number of fused-ring (bicyclic) bond motifs is 1. The first-order chi connectivity index (χ1) is 15.0. The predicted molar refractivity (Wildman–Crippen MR) is 122 cm³/mol. The van der Waals surface area contributed by atoms with Crippen LogP contribution in [-0.2, 0) is 11.3 Å². The van der Waals surface area contributed by atoms with Crippen molar-refractivity contribution in [2.45, 2.75) is 32.5 Å². The zero-order chi connectivity index (χ0) is 22.0. The molecule has 0 bridgehead atoms. The lowest BCUT2D eigenvalue weighted by molar-refractivity contribution is -0.135. The maximum atomic E-state index is 13.5. The number of amides is 2. The topological polar surface area (TPSA) is 45.6 Å². The van der Waals surface area contributed by atoms with Crippen LogP contribution in [-0.4, -0.2) is 45.3 Å². The number of carbonyl (C=O) groups is 2. The zero-order valence-electron chi connectivity index (χ0n) is 17.7. The van der Waals surface area contributed by atoms with Gasteiger partial charge in [0.2, 0.25) is 5.91 Å². The van der Waals surface area contributed by atoms with Crippen LogP contribution in [0.1, 0.15) is 41.5 Å². The quantitative estimate of drug-likeness (QED) is 0.586. The molecule has 0 saturated carbocycles. The smallest absolute Gasteiger partial charge is 0.256 e. The Morgan fingerprint density at radius 3 is 2.42 bits per heavy atom. The maximum Gasteiger partial charge on any atom is 0.256 e. The normalized spacial score (nSPS) is 15.6. The third-order valence-electron chi connectivity index (χ3n) is 5.77. The van der Waals surface area contributed by atoms with Crippen LogP contribution in [0, 0.1) is 0 Å². The van der Waals surface area contributed by atoms with Gasteiger partial charge in [0.1, 0.15) is 6.54 Å². The van der Waals surface area contributed by atoms with Gasteiger partial charge in [0.15, 0.2) is 0 Å². The van der Waals surface area contributed by atoms with E-state index in [1.54, 1.807) is 29.2 Å². The van der Waals surface area contributed by atoms with E-state index in [9.17, 15) is 9.59 Å². The number of hydrogen-bond donors (Lipinski definition) is 0. The molecule has 5 nitrogen and oxygen atoms in total. The summed E-state index contributed by atoms with van der Waals surface area (Å²) in [4.78, 5) is 30.2. The van der Waals surface area contributed by atoms with Crippen LogP contribution >= 0.6 is 11.6 Å². The van der Waals surface area contributed by atoms with Crippen LogP contribution < -0.4 is 0 Å². The third kappa shape index (κ3) is 4.23. The van der Waals surface area contributed by atoms with Gasteiger partial charge < -0.3 is 14.4 Å². The van der Waals surface area contributed by atoms with Crippen LogP contribution in [0.4, 0.5) is 0 Å². The molecule has 1 unspecified atom stereocenters. The summed E-state index contributed by atoms with van der Waals surface area (Å²) >= 11 is 6.25. The van der Waals surface area contributed by atoms with E-state index < -0.39 is 0 Å². The summed E-state index contributed by atoms with van der Waals surface area (Å²) in [5, 5.41) is 0.392. The molecule has 2 aromatic carbocycles. The van der Waals surface area contributed by atoms with E-state index in [-0.39, 0.29) is 30.4 Å². The molecular formula is C25H26ClN3O2. The number of hydrogen-bond acceptors (Lipinski definition) is 2. The van der Waals surface area contributed by atoms with Crippen molar-refractivity contribution in [2.75, 3.05) is 13.1 Å². The summed E-state index contributed by atoms with van der Waals surface area (Å²) in [6.45, 7) is 5.16. The molecule has 4 rings (SSSR count). The van der Waals surface area contributed by atoms with E-state index in [0.717, 1.165) is 17.8 Å². The molecule has 0 fully saturated rings. The van der Waals surface area contributed by atoms with Crippen molar-refractivity contribution in [3.05, 3.63) is 94.8 Å². The SMILES string of the molecule is CC(C)N(CC(=O)N1CCn2cccc2C1c1ccccc1)C(=O)c1ccccc1Cl. The van der Waals surface area contributed by atoms with Crippen molar-refractivity contribution in [3.63, 3.8) is 0 Å². The molecule has 0 saturated heterocycles. The fraction of sp³-hybridized carbons (Fsp3) is 0.280. The van der Waals surface area contributed by atoms with E-state index in [1.165, 1.54) is 0 Å². The molecule has 160 valence electrons. The highest BCUT2D eigenvalue weighted by Gasteiger charge is 2.34. The lowest BCUT2D eigenvalue weighted by Gasteiger charge is -2.39. The fourth-order valence-corrected chi connectivity index (χ4v) is 4.37. The summed E-state index contributed by atoms with van der Waals surface area (Å²) < 4.78 is 2.19. The predicted octanol–water partition coefficient (Wildman–Crippen LogP) is 4.62. The second-order valence-electron chi connectivity index (χ2n) is 8.03. The highest BCUT2D eigenvalue weighted by atomic mass is 35.5. The molecule has 0 radical (unpaired) electrons. The van der Waals surface area contributed by atoms with Gasteiger partial charge >= 0.3 is 0 Å². The van der Waals surface area contributed by atoms with Crippen molar-refractivity contribution in [3.8, 4) is 0 Å². The minimum atomic E-state index is -0.231. The molecule has 31 heavy (non-hydrogen) atoms. The molecule has 1 aromatic heterocycles. The number of aromatic nitrogens is 1. The van der Waals surface area contributed by atoms with Crippen molar-refractivity contribution >= 4 is 23.4 Å². The number of carbonyl (C=O) groups excluding carboxylic acids is 2. The molecule has 6 heteroatoms. The minimum absolute atomic E-state index is 0.00572.